The van der Waals surface area contributed by atoms with Crippen molar-refractivity contribution >= 4 is 17.5 Å². The molecule has 0 radical (unpaired) electrons. The number of amides is 1. The van der Waals surface area contributed by atoms with E-state index in [0.29, 0.717) is 0 Å². The fraction of sp³-hybridized carbons (Fsp3) is 0.500. The lowest BCUT2D eigenvalue weighted by atomic mass is 9.38. The summed E-state index contributed by atoms with van der Waals surface area (Å²) in [7, 11) is 0. The van der Waals surface area contributed by atoms with E-state index in [9.17, 15) is 9.18 Å². The second kappa shape index (κ2) is 6.42. The summed E-state index contributed by atoms with van der Waals surface area (Å²) in [5, 5.41) is 20.6. The zero-order valence-electron chi connectivity index (χ0n) is 15.6. The van der Waals surface area contributed by atoms with Crippen molar-refractivity contribution in [1.82, 2.24) is 20.3 Å². The van der Waals surface area contributed by atoms with Gasteiger partial charge in [-0.3, -0.25) is 4.79 Å². The van der Waals surface area contributed by atoms with Gasteiger partial charge in [0.15, 0.2) is 6.61 Å². The van der Waals surface area contributed by atoms with Crippen molar-refractivity contribution in [2.75, 3.05) is 6.61 Å². The van der Waals surface area contributed by atoms with Crippen LogP contribution in [0, 0.1) is 23.1 Å². The highest BCUT2D eigenvalue weighted by Gasteiger charge is 2.70. The number of carbonyl (C=O) groups is 1. The van der Waals surface area contributed by atoms with Gasteiger partial charge in [0.25, 0.3) is 5.91 Å². The number of aromatic nitrogens is 3. The van der Waals surface area contributed by atoms with Crippen LogP contribution in [0.5, 0.6) is 5.75 Å². The van der Waals surface area contributed by atoms with Crippen molar-refractivity contribution in [3.8, 4) is 11.8 Å². The number of nitriles is 1. The van der Waals surface area contributed by atoms with E-state index in [4.69, 9.17) is 21.6 Å². The highest BCUT2D eigenvalue weighted by Crippen LogP contribution is 2.67. The molecule has 0 spiro atoms. The summed E-state index contributed by atoms with van der Waals surface area (Å²) in [5.41, 5.74) is 0.781. The first-order valence-electron chi connectivity index (χ1n) is 9.61. The van der Waals surface area contributed by atoms with E-state index in [1.54, 1.807) is 0 Å². The fourth-order valence-electron chi connectivity index (χ4n) is 4.85. The van der Waals surface area contributed by atoms with E-state index in [1.807, 2.05) is 10.9 Å². The Hall–Kier alpha value is -2.66. The highest BCUT2D eigenvalue weighted by molar-refractivity contribution is 6.30. The first-order chi connectivity index (χ1) is 13.9. The van der Waals surface area contributed by atoms with Gasteiger partial charge in [0.1, 0.15) is 11.6 Å². The Bertz CT molecular complexity index is 1010. The molecule has 2 aromatic rings. The number of nitrogens with one attached hydrogen (secondary N) is 1. The van der Waals surface area contributed by atoms with Crippen molar-refractivity contribution < 1.29 is 13.9 Å². The van der Waals surface area contributed by atoms with Gasteiger partial charge in [-0.25, -0.2) is 9.07 Å². The molecule has 1 heterocycles. The van der Waals surface area contributed by atoms with Crippen molar-refractivity contribution in [2.45, 2.75) is 49.1 Å². The van der Waals surface area contributed by atoms with Gasteiger partial charge in [-0.15, -0.1) is 5.10 Å². The first kappa shape index (κ1) is 18.4. The fourth-order valence-corrected chi connectivity index (χ4v) is 4.96. The van der Waals surface area contributed by atoms with Gasteiger partial charge >= 0.3 is 0 Å². The minimum atomic E-state index is -0.580. The smallest absolute Gasteiger partial charge is 0.258 e. The number of carbonyl (C=O) groups excluding carboxylic acids is 1. The van der Waals surface area contributed by atoms with Gasteiger partial charge in [-0.2, -0.15) is 5.26 Å². The Morgan fingerprint density at radius 1 is 1.41 bits per heavy atom. The SMILES string of the molecule is N#C[C@H]1C[C@H](n2cc(C34CC(NC(=O)COc5ccc(Cl)c(F)c5)(C3)C4)nn2)C1. The van der Waals surface area contributed by atoms with Gasteiger partial charge < -0.3 is 10.1 Å². The molecule has 4 aliphatic carbocycles. The van der Waals surface area contributed by atoms with Crippen LogP contribution >= 0.6 is 11.6 Å². The molecule has 1 N–H and O–H groups in total. The molecule has 6 rings (SSSR count). The standard InChI is InChI=1S/C20H19ClFN5O2/c21-15-2-1-14(5-16(15)22)29-8-18(28)24-20-9-19(10-20,11-20)17-7-27(26-25-17)13-3-12(4-13)6-23/h1-2,5,7,12-13H,3-4,8-11H2,(H,24,28)/t12-,13-,19?,20?. The predicted octanol–water partition coefficient (Wildman–Crippen LogP) is 2.91. The number of halogens is 2. The van der Waals surface area contributed by atoms with E-state index in [0.717, 1.165) is 43.9 Å². The molecule has 1 aromatic carbocycles. The molecule has 0 aliphatic heterocycles. The summed E-state index contributed by atoms with van der Waals surface area (Å²) in [6, 6.07) is 6.64. The summed E-state index contributed by atoms with van der Waals surface area (Å²) < 4.78 is 20.7. The number of nitrogens with zero attached hydrogens (tertiary/aromatic N) is 4. The summed E-state index contributed by atoms with van der Waals surface area (Å²) in [6.07, 6.45) is 6.19. The molecule has 4 aliphatic rings. The molecule has 0 atom stereocenters. The largest absolute Gasteiger partial charge is 0.484 e. The second-order valence-electron chi connectivity index (χ2n) is 8.54. The van der Waals surface area contributed by atoms with Crippen molar-refractivity contribution in [1.29, 1.82) is 5.26 Å². The Morgan fingerprint density at radius 3 is 2.86 bits per heavy atom. The zero-order chi connectivity index (χ0) is 20.2. The summed E-state index contributed by atoms with van der Waals surface area (Å²) in [6.45, 7) is -0.173. The predicted molar refractivity (Wildman–Crippen MR) is 101 cm³/mol. The van der Waals surface area contributed by atoms with Crippen LogP contribution in [0.15, 0.2) is 24.4 Å². The minimum Gasteiger partial charge on any atom is -0.484 e. The quantitative estimate of drug-likeness (QED) is 0.783. The Morgan fingerprint density at radius 2 is 2.17 bits per heavy atom. The van der Waals surface area contributed by atoms with Gasteiger partial charge in [0.05, 0.1) is 28.7 Å². The number of ether oxygens (including phenoxy) is 1. The average molecular weight is 416 g/mol. The second-order valence-corrected chi connectivity index (χ2v) is 8.95. The first-order valence-corrected chi connectivity index (χ1v) is 9.99. The van der Waals surface area contributed by atoms with Crippen LogP contribution in [-0.2, 0) is 10.2 Å². The maximum Gasteiger partial charge on any atom is 0.258 e. The lowest BCUT2D eigenvalue weighted by molar-refractivity contribution is -0.140. The van der Waals surface area contributed by atoms with Crippen LogP contribution in [0.2, 0.25) is 5.02 Å². The van der Waals surface area contributed by atoms with Crippen LogP contribution in [-0.4, -0.2) is 33.0 Å². The monoisotopic (exact) mass is 415 g/mol. The molecule has 4 saturated carbocycles. The topological polar surface area (TPSA) is 92.8 Å². The van der Waals surface area contributed by atoms with E-state index in [2.05, 4.69) is 21.7 Å². The minimum absolute atomic E-state index is 0.00404. The molecule has 0 saturated heterocycles. The molecular formula is C20H19ClFN5O2. The maximum absolute atomic E-state index is 13.4. The van der Waals surface area contributed by atoms with Gasteiger partial charge in [0.2, 0.25) is 0 Å². The highest BCUT2D eigenvalue weighted by atomic mass is 35.5. The number of rotatable bonds is 6. The molecule has 9 heteroatoms. The summed E-state index contributed by atoms with van der Waals surface area (Å²) in [5.74, 6) is -0.409. The van der Waals surface area contributed by atoms with Crippen LogP contribution < -0.4 is 10.1 Å². The summed E-state index contributed by atoms with van der Waals surface area (Å²) >= 11 is 5.64. The third-order valence-electron chi connectivity index (χ3n) is 6.42. The lowest BCUT2D eigenvalue weighted by Gasteiger charge is -2.69. The van der Waals surface area contributed by atoms with Crippen molar-refractivity contribution in [2.24, 2.45) is 5.92 Å². The van der Waals surface area contributed by atoms with Gasteiger partial charge in [-0.05, 0) is 44.2 Å². The van der Waals surface area contributed by atoms with Crippen molar-refractivity contribution in [3.05, 3.63) is 40.9 Å². The Kier molecular flexibility index (Phi) is 4.07. The van der Waals surface area contributed by atoms with E-state index in [-0.39, 0.29) is 46.2 Å². The Balaban J connectivity index is 1.12. The Labute approximate surface area is 171 Å². The molecule has 4 fully saturated rings. The van der Waals surface area contributed by atoms with Crippen LogP contribution in [0.3, 0.4) is 0 Å². The third-order valence-corrected chi connectivity index (χ3v) is 6.73. The molecule has 7 nitrogen and oxygen atoms in total. The van der Waals surface area contributed by atoms with Crippen LogP contribution in [0.1, 0.15) is 43.8 Å². The molecule has 1 aromatic heterocycles. The third kappa shape index (κ3) is 3.04. The molecule has 29 heavy (non-hydrogen) atoms. The van der Waals surface area contributed by atoms with E-state index < -0.39 is 5.82 Å². The van der Waals surface area contributed by atoms with Crippen molar-refractivity contribution in [3.63, 3.8) is 0 Å². The molecule has 2 bridgehead atoms. The average Bonchev–Trinajstić information content (AvgIpc) is 3.06. The molecule has 1 amide bonds. The lowest BCUT2D eigenvalue weighted by Crippen LogP contribution is -2.77. The summed E-state index contributed by atoms with van der Waals surface area (Å²) in [4.78, 5) is 12.2. The number of benzene rings is 1. The number of hydrogen-bond acceptors (Lipinski definition) is 5. The normalized spacial score (nSPS) is 31.6. The maximum atomic E-state index is 13.4. The van der Waals surface area contributed by atoms with Gasteiger partial charge in [0, 0.05) is 23.2 Å². The molecular weight excluding hydrogens is 397 g/mol. The molecule has 150 valence electrons. The van der Waals surface area contributed by atoms with Crippen LogP contribution in [0.4, 0.5) is 4.39 Å². The zero-order valence-corrected chi connectivity index (χ0v) is 16.3. The molecule has 0 unspecified atom stereocenters. The number of hydrogen-bond donors (Lipinski definition) is 1. The van der Waals surface area contributed by atoms with Gasteiger partial charge in [-0.1, -0.05) is 16.8 Å². The van der Waals surface area contributed by atoms with E-state index in [1.165, 1.54) is 12.1 Å². The van der Waals surface area contributed by atoms with E-state index >= 15 is 0 Å². The van der Waals surface area contributed by atoms with Crippen LogP contribution in [0.25, 0.3) is 0 Å².